The Hall–Kier alpha value is -2.34. The Morgan fingerprint density at radius 1 is 1.07 bits per heavy atom. The lowest BCUT2D eigenvalue weighted by Crippen LogP contribution is -2.50. The summed E-state index contributed by atoms with van der Waals surface area (Å²) in [5, 5.41) is 2.97. The van der Waals surface area contributed by atoms with Gasteiger partial charge >= 0.3 is 0 Å². The van der Waals surface area contributed by atoms with Crippen LogP contribution in [0.5, 0.6) is 5.75 Å². The maximum Gasteiger partial charge on any atom is 0.261 e. The van der Waals surface area contributed by atoms with Gasteiger partial charge in [0.25, 0.3) is 5.91 Å². The number of aryl methyl sites for hydroxylation is 2. The van der Waals surface area contributed by atoms with Crippen molar-refractivity contribution in [3.63, 3.8) is 0 Å². The molecule has 0 bridgehead atoms. The summed E-state index contributed by atoms with van der Waals surface area (Å²) in [4.78, 5) is 27.3. The Bertz CT molecular complexity index is 867. The van der Waals surface area contributed by atoms with Gasteiger partial charge in [-0.25, -0.2) is 0 Å². The summed E-state index contributed by atoms with van der Waals surface area (Å²) in [5.41, 5.74) is 3.22. The zero-order valence-electron chi connectivity index (χ0n) is 18.4. The molecule has 0 aliphatic rings. The average molecular weight is 475 g/mol. The largest absolute Gasteiger partial charge is 0.484 e. The van der Waals surface area contributed by atoms with Gasteiger partial charge in [0.15, 0.2) is 6.61 Å². The number of hydrogen-bond donors (Lipinski definition) is 1. The van der Waals surface area contributed by atoms with Crippen molar-refractivity contribution >= 4 is 27.7 Å². The van der Waals surface area contributed by atoms with Crippen molar-refractivity contribution in [2.45, 2.75) is 59.7 Å². The number of hydrogen-bond acceptors (Lipinski definition) is 3. The van der Waals surface area contributed by atoms with Gasteiger partial charge in [-0.2, -0.15) is 0 Å². The Morgan fingerprint density at radius 3 is 2.33 bits per heavy atom. The van der Waals surface area contributed by atoms with Crippen molar-refractivity contribution in [1.29, 1.82) is 0 Å². The van der Waals surface area contributed by atoms with E-state index in [0.29, 0.717) is 12.3 Å². The molecule has 2 amide bonds. The van der Waals surface area contributed by atoms with Crippen LogP contribution in [0, 0.1) is 13.8 Å². The van der Waals surface area contributed by atoms with Crippen LogP contribution in [-0.4, -0.2) is 35.4 Å². The molecule has 1 N–H and O–H groups in total. The maximum atomic E-state index is 13.1. The first-order valence-electron chi connectivity index (χ1n) is 10.3. The van der Waals surface area contributed by atoms with Crippen molar-refractivity contribution < 1.29 is 14.3 Å². The van der Waals surface area contributed by atoms with Gasteiger partial charge in [0.1, 0.15) is 11.8 Å². The van der Waals surface area contributed by atoms with Gasteiger partial charge < -0.3 is 15.0 Å². The molecule has 2 aromatic carbocycles. The topological polar surface area (TPSA) is 58.6 Å². The van der Waals surface area contributed by atoms with Gasteiger partial charge in [-0.3, -0.25) is 9.59 Å². The van der Waals surface area contributed by atoms with E-state index in [2.05, 4.69) is 21.2 Å². The van der Waals surface area contributed by atoms with Gasteiger partial charge in [-0.05, 0) is 75.1 Å². The molecule has 0 saturated carbocycles. The molecule has 2 rings (SSSR count). The van der Waals surface area contributed by atoms with Crippen molar-refractivity contribution in [1.82, 2.24) is 10.2 Å². The average Bonchev–Trinajstić information content (AvgIpc) is 2.73. The van der Waals surface area contributed by atoms with Crippen LogP contribution < -0.4 is 10.1 Å². The van der Waals surface area contributed by atoms with Gasteiger partial charge in [0.2, 0.25) is 5.91 Å². The fourth-order valence-corrected chi connectivity index (χ4v) is 3.13. The first-order valence-corrected chi connectivity index (χ1v) is 11.0. The number of carbonyl (C=O) groups is 2. The maximum absolute atomic E-state index is 13.1. The molecule has 5 nitrogen and oxygen atoms in total. The lowest BCUT2D eigenvalue weighted by molar-refractivity contribution is -0.142. The predicted octanol–water partition coefficient (Wildman–Crippen LogP) is 4.78. The monoisotopic (exact) mass is 474 g/mol. The summed E-state index contributed by atoms with van der Waals surface area (Å²) >= 11 is 3.42. The molecule has 0 aliphatic heterocycles. The molecule has 0 heterocycles. The molecule has 0 aliphatic carbocycles. The van der Waals surface area contributed by atoms with Crippen LogP contribution in [0.1, 0.15) is 43.9 Å². The van der Waals surface area contributed by atoms with Gasteiger partial charge in [0, 0.05) is 17.1 Å². The van der Waals surface area contributed by atoms with Crippen molar-refractivity contribution in [2.24, 2.45) is 0 Å². The van der Waals surface area contributed by atoms with Crippen LogP contribution in [0.25, 0.3) is 0 Å². The molecule has 0 radical (unpaired) electrons. The Morgan fingerprint density at radius 2 is 1.73 bits per heavy atom. The Balaban J connectivity index is 2.15. The quantitative estimate of drug-likeness (QED) is 0.568. The van der Waals surface area contributed by atoms with E-state index in [4.69, 9.17) is 4.74 Å². The summed E-state index contributed by atoms with van der Waals surface area (Å²) in [6.45, 7) is 9.96. The van der Waals surface area contributed by atoms with E-state index in [0.717, 1.165) is 22.0 Å². The molecular formula is C24H31BrN2O3. The number of rotatable bonds is 9. The summed E-state index contributed by atoms with van der Waals surface area (Å²) in [5.74, 6) is 0.246. The minimum Gasteiger partial charge on any atom is -0.484 e. The number of nitrogens with one attached hydrogen (secondary N) is 1. The molecule has 0 fully saturated rings. The van der Waals surface area contributed by atoms with E-state index >= 15 is 0 Å². The minimum atomic E-state index is -0.612. The highest BCUT2D eigenvalue weighted by atomic mass is 79.9. The summed E-state index contributed by atoms with van der Waals surface area (Å²) in [6.07, 6.45) is 0.828. The van der Waals surface area contributed by atoms with Crippen LogP contribution in [0.3, 0.4) is 0 Å². The Kier molecular flexibility index (Phi) is 8.90. The second-order valence-corrected chi connectivity index (χ2v) is 8.59. The summed E-state index contributed by atoms with van der Waals surface area (Å²) in [7, 11) is 0. The van der Waals surface area contributed by atoms with E-state index in [1.807, 2.05) is 70.2 Å². The lowest BCUT2D eigenvalue weighted by atomic mass is 10.1. The third-order valence-corrected chi connectivity index (χ3v) is 5.80. The highest BCUT2D eigenvalue weighted by molar-refractivity contribution is 9.10. The van der Waals surface area contributed by atoms with E-state index in [9.17, 15) is 9.59 Å². The third kappa shape index (κ3) is 6.87. The second-order valence-electron chi connectivity index (χ2n) is 7.68. The Labute approximate surface area is 187 Å². The smallest absolute Gasteiger partial charge is 0.261 e. The minimum absolute atomic E-state index is 0.0522. The zero-order chi connectivity index (χ0) is 22.3. The molecule has 2 aromatic rings. The van der Waals surface area contributed by atoms with E-state index < -0.39 is 6.04 Å². The molecule has 0 saturated heterocycles. The molecule has 0 spiro atoms. The molecule has 162 valence electrons. The molecule has 0 unspecified atom stereocenters. The van der Waals surface area contributed by atoms with E-state index in [1.54, 1.807) is 11.8 Å². The van der Waals surface area contributed by atoms with Crippen LogP contribution >= 0.6 is 15.9 Å². The van der Waals surface area contributed by atoms with Crippen LogP contribution in [0.4, 0.5) is 0 Å². The normalized spacial score (nSPS) is 12.7. The fourth-order valence-electron chi connectivity index (χ4n) is 2.87. The van der Waals surface area contributed by atoms with E-state index in [-0.39, 0.29) is 24.5 Å². The first-order chi connectivity index (χ1) is 14.2. The zero-order valence-corrected chi connectivity index (χ0v) is 20.0. The number of amides is 2. The molecule has 2 atom stereocenters. The number of ether oxygens (including phenoxy) is 1. The highest BCUT2D eigenvalue weighted by Gasteiger charge is 2.27. The predicted molar refractivity (Wildman–Crippen MR) is 123 cm³/mol. The molecule has 30 heavy (non-hydrogen) atoms. The van der Waals surface area contributed by atoms with Crippen LogP contribution in [0.2, 0.25) is 0 Å². The first kappa shape index (κ1) is 23.9. The van der Waals surface area contributed by atoms with E-state index in [1.165, 1.54) is 5.56 Å². The number of benzene rings is 2. The van der Waals surface area contributed by atoms with Gasteiger partial charge in [-0.1, -0.05) is 41.1 Å². The highest BCUT2D eigenvalue weighted by Crippen LogP contribution is 2.18. The fraction of sp³-hybridized carbons (Fsp3) is 0.417. The van der Waals surface area contributed by atoms with Gasteiger partial charge in [0.05, 0.1) is 0 Å². The van der Waals surface area contributed by atoms with Crippen molar-refractivity contribution in [3.05, 3.63) is 63.6 Å². The lowest BCUT2D eigenvalue weighted by Gasteiger charge is -2.29. The SMILES string of the molecule is CC[C@@H](C)NC(=O)[C@H](C)N(Cc1ccc(Br)cc1)C(=O)COc1ccc(C)c(C)c1. The number of halogens is 1. The number of nitrogens with zero attached hydrogens (tertiary/aromatic N) is 1. The standard InChI is InChI=1S/C24H31BrN2O3/c1-6-18(4)26-24(29)19(5)27(14-20-8-10-21(25)11-9-20)23(28)15-30-22-12-7-16(2)17(3)13-22/h7-13,18-19H,6,14-15H2,1-5H3,(H,26,29)/t18-,19+/m1/s1. The van der Waals surface area contributed by atoms with Crippen molar-refractivity contribution in [3.8, 4) is 5.75 Å². The van der Waals surface area contributed by atoms with Crippen molar-refractivity contribution in [2.75, 3.05) is 6.61 Å². The third-order valence-electron chi connectivity index (χ3n) is 5.28. The summed E-state index contributed by atoms with van der Waals surface area (Å²) in [6, 6.07) is 12.9. The second kappa shape index (κ2) is 11.2. The molecule has 0 aromatic heterocycles. The molecule has 6 heteroatoms. The summed E-state index contributed by atoms with van der Waals surface area (Å²) < 4.78 is 6.71. The van der Waals surface area contributed by atoms with Crippen LogP contribution in [0.15, 0.2) is 46.9 Å². The van der Waals surface area contributed by atoms with Gasteiger partial charge in [-0.15, -0.1) is 0 Å². The van der Waals surface area contributed by atoms with Crippen LogP contribution in [-0.2, 0) is 16.1 Å². The number of carbonyl (C=O) groups excluding carboxylic acids is 2. The molecular weight excluding hydrogens is 444 g/mol.